The molecule has 10 nitrogen and oxygen atoms in total. The number of hydrogen-bond acceptors (Lipinski definition) is 5. The van der Waals surface area contributed by atoms with Gasteiger partial charge in [-0.25, -0.2) is 9.59 Å². The van der Waals surface area contributed by atoms with Gasteiger partial charge in [-0.3, -0.25) is 9.59 Å². The topological polar surface area (TPSA) is 163 Å². The van der Waals surface area contributed by atoms with E-state index in [0.29, 0.717) is 22.6 Å². The normalized spacial score (nSPS) is 11.2. The van der Waals surface area contributed by atoms with Gasteiger partial charge in [-0.05, 0) is 73.5 Å². The summed E-state index contributed by atoms with van der Waals surface area (Å²) in [6.45, 7) is 2.08. The fourth-order valence-corrected chi connectivity index (χ4v) is 3.50. The molecule has 3 rings (SSSR count). The summed E-state index contributed by atoms with van der Waals surface area (Å²) in [5, 5.41) is 19.9. The van der Waals surface area contributed by atoms with E-state index in [2.05, 4.69) is 21.3 Å². The zero-order valence-corrected chi connectivity index (χ0v) is 20.3. The lowest BCUT2D eigenvalue weighted by molar-refractivity contribution is -0.126. The Morgan fingerprint density at radius 3 is 2.08 bits per heavy atom. The van der Waals surface area contributed by atoms with Crippen molar-refractivity contribution in [2.45, 2.75) is 25.8 Å². The molecule has 0 saturated heterocycles. The van der Waals surface area contributed by atoms with Crippen molar-refractivity contribution in [2.24, 2.45) is 5.73 Å². The van der Waals surface area contributed by atoms with Crippen LogP contribution < -0.4 is 27.0 Å². The van der Waals surface area contributed by atoms with Crippen molar-refractivity contribution in [1.82, 2.24) is 5.32 Å². The first kappa shape index (κ1) is 26.9. The second-order valence-electron chi connectivity index (χ2n) is 8.34. The molecule has 0 unspecified atom stereocenters. The molecule has 37 heavy (non-hydrogen) atoms. The van der Waals surface area contributed by atoms with E-state index in [1.807, 2.05) is 31.2 Å². The summed E-state index contributed by atoms with van der Waals surface area (Å²) in [5.74, 6) is -1.89. The number of para-hydroxylation sites is 1. The van der Waals surface area contributed by atoms with Crippen LogP contribution in [0.4, 0.5) is 21.9 Å². The van der Waals surface area contributed by atoms with Crippen LogP contribution in [0.5, 0.6) is 0 Å². The summed E-state index contributed by atoms with van der Waals surface area (Å²) in [7, 11) is 0. The Hall–Kier alpha value is -4.70. The van der Waals surface area contributed by atoms with Crippen molar-refractivity contribution < 1.29 is 24.3 Å². The molecule has 0 saturated carbocycles. The van der Waals surface area contributed by atoms with Crippen molar-refractivity contribution in [3.8, 4) is 0 Å². The molecule has 1 atom stereocenters. The minimum absolute atomic E-state index is 0.0251. The molecular weight excluding hydrogens is 474 g/mol. The Morgan fingerprint density at radius 1 is 0.838 bits per heavy atom. The SMILES string of the molecule is Cc1ccccc1NC(=O)Nc1ccc(CC(=O)N[C@@H](CCN)C(=O)Nc2ccc(C(=O)O)cc2)cc1. The molecule has 0 spiro atoms. The Labute approximate surface area is 214 Å². The van der Waals surface area contributed by atoms with Gasteiger partial charge in [0.25, 0.3) is 0 Å². The van der Waals surface area contributed by atoms with E-state index < -0.39 is 17.9 Å². The van der Waals surface area contributed by atoms with Crippen LogP contribution in [0, 0.1) is 6.92 Å². The van der Waals surface area contributed by atoms with E-state index >= 15 is 0 Å². The number of carboxylic acid groups (broad SMARTS) is 1. The van der Waals surface area contributed by atoms with Crippen LogP contribution in [0.15, 0.2) is 72.8 Å². The first-order valence-corrected chi connectivity index (χ1v) is 11.6. The van der Waals surface area contributed by atoms with Crippen LogP contribution in [0.25, 0.3) is 0 Å². The molecule has 0 aliphatic carbocycles. The number of aryl methyl sites for hydroxylation is 1. The van der Waals surface area contributed by atoms with Crippen molar-refractivity contribution in [3.63, 3.8) is 0 Å². The van der Waals surface area contributed by atoms with Crippen LogP contribution in [0.3, 0.4) is 0 Å². The van der Waals surface area contributed by atoms with Gasteiger partial charge in [0.15, 0.2) is 0 Å². The third-order valence-electron chi connectivity index (χ3n) is 5.48. The molecule has 3 aromatic carbocycles. The summed E-state index contributed by atoms with van der Waals surface area (Å²) >= 11 is 0. The number of nitrogens with one attached hydrogen (secondary N) is 4. The van der Waals surface area contributed by atoms with Crippen LogP contribution in [-0.4, -0.2) is 41.5 Å². The molecule has 4 amide bonds. The smallest absolute Gasteiger partial charge is 0.335 e. The van der Waals surface area contributed by atoms with Gasteiger partial charge >= 0.3 is 12.0 Å². The van der Waals surface area contributed by atoms with Crippen LogP contribution in [0.1, 0.15) is 27.9 Å². The molecule has 0 aliphatic heterocycles. The predicted octanol–water partition coefficient (Wildman–Crippen LogP) is 3.35. The largest absolute Gasteiger partial charge is 0.478 e. The summed E-state index contributed by atoms with van der Waals surface area (Å²) in [6, 6.07) is 18.7. The molecule has 0 bridgehead atoms. The monoisotopic (exact) mass is 503 g/mol. The fourth-order valence-electron chi connectivity index (χ4n) is 3.50. The third-order valence-corrected chi connectivity index (χ3v) is 5.48. The Morgan fingerprint density at radius 2 is 1.46 bits per heavy atom. The van der Waals surface area contributed by atoms with Crippen LogP contribution in [-0.2, 0) is 16.0 Å². The summed E-state index contributed by atoms with van der Waals surface area (Å²) < 4.78 is 0. The zero-order valence-electron chi connectivity index (χ0n) is 20.3. The van der Waals surface area contributed by atoms with E-state index in [1.54, 1.807) is 24.3 Å². The first-order chi connectivity index (χ1) is 17.7. The third kappa shape index (κ3) is 8.18. The average Bonchev–Trinajstić information content (AvgIpc) is 2.86. The quantitative estimate of drug-likeness (QED) is 0.248. The maximum atomic E-state index is 12.7. The number of amides is 4. The first-order valence-electron chi connectivity index (χ1n) is 11.6. The Bertz CT molecular complexity index is 1260. The lowest BCUT2D eigenvalue weighted by Gasteiger charge is -2.18. The highest BCUT2D eigenvalue weighted by Gasteiger charge is 2.20. The summed E-state index contributed by atoms with van der Waals surface area (Å²) in [4.78, 5) is 48.5. The summed E-state index contributed by atoms with van der Waals surface area (Å²) in [6.07, 6.45) is 0.251. The van der Waals surface area contributed by atoms with E-state index in [0.717, 1.165) is 5.56 Å². The molecule has 0 heterocycles. The second kappa shape index (κ2) is 12.8. The van der Waals surface area contributed by atoms with Gasteiger partial charge in [0.2, 0.25) is 11.8 Å². The number of benzene rings is 3. The number of aromatic carboxylic acids is 1. The highest BCUT2D eigenvalue weighted by atomic mass is 16.4. The lowest BCUT2D eigenvalue weighted by atomic mass is 10.1. The number of nitrogens with two attached hydrogens (primary N) is 1. The zero-order chi connectivity index (χ0) is 26.8. The van der Waals surface area contributed by atoms with Gasteiger partial charge in [-0.2, -0.15) is 0 Å². The van der Waals surface area contributed by atoms with Gasteiger partial charge in [0, 0.05) is 17.1 Å². The number of rotatable bonds is 10. The molecule has 10 heteroatoms. The highest BCUT2D eigenvalue weighted by Crippen LogP contribution is 2.15. The van der Waals surface area contributed by atoms with E-state index in [-0.39, 0.29) is 36.9 Å². The highest BCUT2D eigenvalue weighted by molar-refractivity contribution is 6.00. The van der Waals surface area contributed by atoms with Crippen LogP contribution >= 0.6 is 0 Å². The van der Waals surface area contributed by atoms with Gasteiger partial charge in [0.1, 0.15) is 6.04 Å². The number of carbonyl (C=O) groups is 4. The van der Waals surface area contributed by atoms with Gasteiger partial charge in [-0.15, -0.1) is 0 Å². The van der Waals surface area contributed by atoms with Crippen LogP contribution in [0.2, 0.25) is 0 Å². The predicted molar refractivity (Wildman–Crippen MR) is 142 cm³/mol. The standard InChI is InChI=1S/C27H29N5O5/c1-17-4-2-3-5-22(17)32-27(37)30-21-10-6-18(7-11-21)16-24(33)31-23(14-15-28)25(34)29-20-12-8-19(9-13-20)26(35)36/h2-13,23H,14-16,28H2,1H3,(H,29,34)(H,31,33)(H,35,36)(H2,30,32,37)/t23-/m0/s1. The maximum absolute atomic E-state index is 12.7. The van der Waals surface area contributed by atoms with Crippen molar-refractivity contribution in [1.29, 1.82) is 0 Å². The minimum Gasteiger partial charge on any atom is -0.478 e. The minimum atomic E-state index is -1.07. The summed E-state index contributed by atoms with van der Waals surface area (Å²) in [5.41, 5.74) is 9.02. The molecule has 0 aliphatic rings. The maximum Gasteiger partial charge on any atom is 0.335 e. The van der Waals surface area contributed by atoms with Crippen molar-refractivity contribution >= 4 is 40.9 Å². The second-order valence-corrected chi connectivity index (χ2v) is 8.34. The van der Waals surface area contributed by atoms with E-state index in [4.69, 9.17) is 10.8 Å². The molecule has 192 valence electrons. The molecule has 0 aromatic heterocycles. The Balaban J connectivity index is 1.52. The molecular formula is C27H29N5O5. The molecule has 0 fully saturated rings. The van der Waals surface area contributed by atoms with E-state index in [9.17, 15) is 19.2 Å². The van der Waals surface area contributed by atoms with Gasteiger partial charge < -0.3 is 32.1 Å². The number of anilines is 3. The molecule has 7 N–H and O–H groups in total. The van der Waals surface area contributed by atoms with Gasteiger partial charge in [0.05, 0.1) is 12.0 Å². The number of hydrogen-bond donors (Lipinski definition) is 6. The van der Waals surface area contributed by atoms with Crippen molar-refractivity contribution in [3.05, 3.63) is 89.5 Å². The van der Waals surface area contributed by atoms with Gasteiger partial charge in [-0.1, -0.05) is 30.3 Å². The van der Waals surface area contributed by atoms with Crippen molar-refractivity contribution in [2.75, 3.05) is 22.5 Å². The average molecular weight is 504 g/mol. The molecule has 3 aromatic rings. The fraction of sp³-hybridized carbons (Fsp3) is 0.185. The Kier molecular flexibility index (Phi) is 9.34. The number of urea groups is 1. The number of carbonyl (C=O) groups excluding carboxylic acids is 3. The lowest BCUT2D eigenvalue weighted by Crippen LogP contribution is -2.45. The molecule has 0 radical (unpaired) electrons. The number of carboxylic acids is 1. The van der Waals surface area contributed by atoms with E-state index in [1.165, 1.54) is 24.3 Å².